The van der Waals surface area contributed by atoms with Gasteiger partial charge in [-0.1, -0.05) is 18.2 Å². The Labute approximate surface area is 149 Å². The molecule has 0 saturated heterocycles. The second kappa shape index (κ2) is 17.6. The molecule has 144 valence electrons. The Balaban J connectivity index is 1.69. The molecule has 0 unspecified atom stereocenters. The summed E-state index contributed by atoms with van der Waals surface area (Å²) in [5, 5.41) is 0. The van der Waals surface area contributed by atoms with Gasteiger partial charge < -0.3 is 28.4 Å². The van der Waals surface area contributed by atoms with E-state index in [0.717, 1.165) is 5.75 Å². The Bertz CT molecular complexity index is 379. The van der Waals surface area contributed by atoms with Crippen LogP contribution in [0.25, 0.3) is 0 Å². The van der Waals surface area contributed by atoms with Gasteiger partial charge in [-0.3, -0.25) is 0 Å². The maximum absolute atomic E-state index is 11.7. The van der Waals surface area contributed by atoms with Gasteiger partial charge in [-0.05, 0) is 12.1 Å². The van der Waals surface area contributed by atoms with Gasteiger partial charge in [0.15, 0.2) is 0 Å². The fourth-order valence-corrected chi connectivity index (χ4v) is 1.77. The van der Waals surface area contributed by atoms with Crippen molar-refractivity contribution in [3.63, 3.8) is 0 Å². The Hall–Kier alpha value is -1.25. The minimum absolute atomic E-state index is 0.126. The van der Waals surface area contributed by atoms with Crippen molar-refractivity contribution in [1.29, 1.82) is 0 Å². The van der Waals surface area contributed by atoms with Gasteiger partial charge in [-0.2, -0.15) is 0 Å². The molecule has 0 bridgehead atoms. The molecule has 1 aromatic rings. The van der Waals surface area contributed by atoms with Crippen LogP contribution in [0.4, 0.5) is 4.39 Å². The van der Waals surface area contributed by atoms with Gasteiger partial charge in [-0.25, -0.2) is 4.39 Å². The molecule has 0 aromatic heterocycles. The number of rotatable bonds is 18. The van der Waals surface area contributed by atoms with Crippen molar-refractivity contribution in [1.82, 2.24) is 0 Å². The lowest BCUT2D eigenvalue weighted by Crippen LogP contribution is -2.14. The molecule has 0 N–H and O–H groups in total. The van der Waals surface area contributed by atoms with E-state index >= 15 is 0 Å². The van der Waals surface area contributed by atoms with Crippen LogP contribution in [-0.4, -0.2) is 79.4 Å². The molecule has 1 aromatic carbocycles. The summed E-state index contributed by atoms with van der Waals surface area (Å²) in [6.07, 6.45) is 0. The normalized spacial score (nSPS) is 10.9. The second-order valence-electron chi connectivity index (χ2n) is 4.91. The van der Waals surface area contributed by atoms with E-state index < -0.39 is 6.67 Å². The van der Waals surface area contributed by atoms with Crippen LogP contribution in [0.15, 0.2) is 30.3 Å². The van der Waals surface area contributed by atoms with Crippen LogP contribution >= 0.6 is 0 Å². The Morgan fingerprint density at radius 1 is 0.520 bits per heavy atom. The average Bonchev–Trinajstić information content (AvgIpc) is 2.65. The van der Waals surface area contributed by atoms with Gasteiger partial charge in [0.05, 0.1) is 66.1 Å². The van der Waals surface area contributed by atoms with Crippen molar-refractivity contribution in [2.24, 2.45) is 0 Å². The molecule has 0 aliphatic carbocycles. The number of alkyl halides is 1. The molecule has 0 fully saturated rings. The topological polar surface area (TPSA) is 55.4 Å². The Kier molecular flexibility index (Phi) is 15.3. The monoisotopic (exact) mass is 360 g/mol. The summed E-state index contributed by atoms with van der Waals surface area (Å²) in [5.74, 6) is 0.843. The predicted octanol–water partition coefficient (Wildman–Crippen LogP) is 2.12. The third kappa shape index (κ3) is 14.8. The van der Waals surface area contributed by atoms with Crippen LogP contribution in [0, 0.1) is 0 Å². The lowest BCUT2D eigenvalue weighted by Gasteiger charge is -2.08. The summed E-state index contributed by atoms with van der Waals surface area (Å²) >= 11 is 0. The van der Waals surface area contributed by atoms with E-state index in [1.165, 1.54) is 0 Å². The molecule has 0 aliphatic rings. The van der Waals surface area contributed by atoms with Crippen molar-refractivity contribution >= 4 is 0 Å². The fraction of sp³-hybridized carbons (Fsp3) is 0.667. The van der Waals surface area contributed by atoms with Crippen molar-refractivity contribution in [2.75, 3.05) is 79.4 Å². The zero-order valence-electron chi connectivity index (χ0n) is 14.7. The maximum Gasteiger partial charge on any atom is 0.119 e. The predicted molar refractivity (Wildman–Crippen MR) is 92.0 cm³/mol. The zero-order chi connectivity index (χ0) is 17.8. The van der Waals surface area contributed by atoms with E-state index in [0.29, 0.717) is 66.1 Å². The van der Waals surface area contributed by atoms with Gasteiger partial charge in [0.1, 0.15) is 19.0 Å². The van der Waals surface area contributed by atoms with Gasteiger partial charge in [0.25, 0.3) is 0 Å². The van der Waals surface area contributed by atoms with Gasteiger partial charge in [0, 0.05) is 0 Å². The van der Waals surface area contributed by atoms with Crippen molar-refractivity contribution < 1.29 is 32.8 Å². The van der Waals surface area contributed by atoms with Crippen LogP contribution in [0.2, 0.25) is 0 Å². The molecule has 25 heavy (non-hydrogen) atoms. The van der Waals surface area contributed by atoms with E-state index in [2.05, 4.69) is 0 Å². The minimum Gasteiger partial charge on any atom is -0.491 e. The first-order chi connectivity index (χ1) is 12.4. The van der Waals surface area contributed by atoms with Crippen LogP contribution in [0.3, 0.4) is 0 Å². The van der Waals surface area contributed by atoms with Gasteiger partial charge in [-0.15, -0.1) is 0 Å². The summed E-state index contributed by atoms with van der Waals surface area (Å²) in [7, 11) is 0. The fourth-order valence-electron chi connectivity index (χ4n) is 1.77. The second-order valence-corrected chi connectivity index (χ2v) is 4.91. The van der Waals surface area contributed by atoms with E-state index in [9.17, 15) is 4.39 Å². The molecule has 0 heterocycles. The van der Waals surface area contributed by atoms with E-state index in [4.69, 9.17) is 28.4 Å². The van der Waals surface area contributed by atoms with Crippen molar-refractivity contribution in [3.8, 4) is 5.75 Å². The average molecular weight is 360 g/mol. The molecule has 0 radical (unpaired) electrons. The first-order valence-corrected chi connectivity index (χ1v) is 8.56. The van der Waals surface area contributed by atoms with Crippen molar-refractivity contribution in [3.05, 3.63) is 30.3 Å². The number of halogens is 1. The minimum atomic E-state index is -0.463. The lowest BCUT2D eigenvalue weighted by molar-refractivity contribution is -0.0133. The van der Waals surface area contributed by atoms with Gasteiger partial charge in [0.2, 0.25) is 0 Å². The molecule has 0 amide bonds. The molecule has 1 rings (SSSR count). The number of para-hydroxylation sites is 1. The molecular formula is C18H29FO6. The Morgan fingerprint density at radius 2 is 0.920 bits per heavy atom. The molecule has 7 heteroatoms. The zero-order valence-corrected chi connectivity index (χ0v) is 14.7. The molecule has 6 nitrogen and oxygen atoms in total. The molecule has 0 aliphatic heterocycles. The molecule has 0 spiro atoms. The van der Waals surface area contributed by atoms with Gasteiger partial charge >= 0.3 is 0 Å². The lowest BCUT2D eigenvalue weighted by atomic mass is 10.3. The number of hydrogen-bond donors (Lipinski definition) is 0. The Morgan fingerprint density at radius 3 is 1.36 bits per heavy atom. The summed E-state index contributed by atoms with van der Waals surface area (Å²) in [6, 6.07) is 9.64. The smallest absolute Gasteiger partial charge is 0.119 e. The molecule has 0 atom stereocenters. The van der Waals surface area contributed by atoms with E-state index in [1.54, 1.807) is 0 Å². The summed E-state index contributed by atoms with van der Waals surface area (Å²) in [4.78, 5) is 0. The third-order valence-corrected chi connectivity index (χ3v) is 2.95. The largest absolute Gasteiger partial charge is 0.491 e. The standard InChI is InChI=1S/C18H29FO6/c19-6-7-20-8-9-21-10-11-22-12-13-23-14-15-24-16-17-25-18-4-2-1-3-5-18/h1-5H,6-17H2. The number of benzene rings is 1. The quantitative estimate of drug-likeness (QED) is 0.374. The highest BCUT2D eigenvalue weighted by Gasteiger charge is 1.94. The maximum atomic E-state index is 11.7. The SMILES string of the molecule is FCCOCCOCCOCCOCCOCCOc1ccccc1. The highest BCUT2D eigenvalue weighted by molar-refractivity contribution is 5.20. The highest BCUT2D eigenvalue weighted by atomic mass is 19.1. The van der Waals surface area contributed by atoms with Crippen LogP contribution < -0.4 is 4.74 Å². The van der Waals surface area contributed by atoms with E-state index in [-0.39, 0.29) is 6.61 Å². The first-order valence-electron chi connectivity index (χ1n) is 8.56. The number of ether oxygens (including phenoxy) is 6. The van der Waals surface area contributed by atoms with Crippen LogP contribution in [-0.2, 0) is 23.7 Å². The first kappa shape index (κ1) is 21.8. The molecular weight excluding hydrogens is 331 g/mol. The summed E-state index contributed by atoms with van der Waals surface area (Å²) in [5.41, 5.74) is 0. The van der Waals surface area contributed by atoms with Crippen LogP contribution in [0.1, 0.15) is 0 Å². The highest BCUT2D eigenvalue weighted by Crippen LogP contribution is 2.07. The van der Waals surface area contributed by atoms with E-state index in [1.807, 2.05) is 30.3 Å². The van der Waals surface area contributed by atoms with Crippen LogP contribution in [0.5, 0.6) is 5.75 Å². The molecule has 0 saturated carbocycles. The third-order valence-electron chi connectivity index (χ3n) is 2.95. The number of hydrogen-bond acceptors (Lipinski definition) is 6. The summed E-state index contributed by atoms with van der Waals surface area (Å²) < 4.78 is 43.5. The summed E-state index contributed by atoms with van der Waals surface area (Å²) in [6.45, 7) is 4.64. The van der Waals surface area contributed by atoms with Crippen molar-refractivity contribution in [2.45, 2.75) is 0 Å².